The van der Waals surface area contributed by atoms with Crippen LogP contribution in [-0.2, 0) is 14.8 Å². The van der Waals surface area contributed by atoms with Crippen LogP contribution < -0.4 is 5.11 Å². The van der Waals surface area contributed by atoms with E-state index in [1.165, 1.54) is 6.08 Å². The monoisotopic (exact) mass is 133 g/mol. The minimum atomic E-state index is -1.81. The van der Waals surface area contributed by atoms with E-state index in [1.54, 1.807) is 0 Å². The third kappa shape index (κ3) is 6.93. The van der Waals surface area contributed by atoms with Gasteiger partial charge in [-0.05, 0) is 0 Å². The molecule has 0 fully saturated rings. The van der Waals surface area contributed by atoms with Crippen LogP contribution in [0.1, 0.15) is 0 Å². The molecule has 0 rings (SSSR count). The topological polar surface area (TPSA) is 67.8 Å². The predicted octanol–water partition coefficient (Wildman–Crippen LogP) is -0.605. The van der Waals surface area contributed by atoms with E-state index in [-0.39, 0.29) is 6.61 Å². The normalized spacial score (nSPS) is 8.44. The molecule has 0 aromatic carbocycles. The van der Waals surface area contributed by atoms with Crippen molar-refractivity contribution in [3.05, 3.63) is 12.7 Å². The largest absolute Gasteiger partial charge is 0.424 e. The van der Waals surface area contributed by atoms with Crippen molar-refractivity contribution in [1.29, 1.82) is 0 Å². The number of carboxylic acid groups (broad SMARTS) is 1. The summed E-state index contributed by atoms with van der Waals surface area (Å²) in [7, 11) is 0. The second-order valence-corrected chi connectivity index (χ2v) is 0.975. The van der Waals surface area contributed by atoms with Gasteiger partial charge in [-0.25, -0.2) is 4.89 Å². The Bertz CT molecular complexity index is 99.1. The molecule has 0 saturated carbocycles. The zero-order chi connectivity index (χ0) is 7.11. The molecule has 0 atom stereocenters. The van der Waals surface area contributed by atoms with Crippen LogP contribution in [0.4, 0.5) is 4.79 Å². The molecule has 52 valence electrons. The zero-order valence-electron chi connectivity index (χ0n) is 4.53. The molecule has 0 radical (unpaired) electrons. The molecule has 0 bridgehead atoms. The van der Waals surface area contributed by atoms with Crippen molar-refractivity contribution in [2.45, 2.75) is 0 Å². The summed E-state index contributed by atoms with van der Waals surface area (Å²) in [5.74, 6) is 0. The quantitative estimate of drug-likeness (QED) is 0.221. The molecule has 0 aliphatic carbocycles. The van der Waals surface area contributed by atoms with Gasteiger partial charge in [0, 0.05) is 0 Å². The standard InChI is InChI=1S/C4H6O5/c1-2-3-7-9-8-4(5)6/h2H,1,3H2,(H,5,6)/p-1. The first-order chi connectivity index (χ1) is 4.27. The Hall–Kier alpha value is -1.07. The van der Waals surface area contributed by atoms with E-state index < -0.39 is 6.16 Å². The predicted molar refractivity (Wildman–Crippen MR) is 23.7 cm³/mol. The van der Waals surface area contributed by atoms with Gasteiger partial charge in [-0.2, -0.15) is 0 Å². The molecule has 0 aliphatic heterocycles. The SMILES string of the molecule is C=CCOOOC(=O)[O-]. The number of hydrogen-bond acceptors (Lipinski definition) is 5. The highest BCUT2D eigenvalue weighted by atomic mass is 17.5. The second-order valence-electron chi connectivity index (χ2n) is 0.975. The number of hydrogen-bond donors (Lipinski definition) is 0. The van der Waals surface area contributed by atoms with E-state index in [2.05, 4.69) is 21.4 Å². The Morgan fingerprint density at radius 3 is 2.89 bits per heavy atom. The van der Waals surface area contributed by atoms with Crippen LogP contribution in [0.25, 0.3) is 0 Å². The molecular formula is C4H5O5-. The summed E-state index contributed by atoms with van der Waals surface area (Å²) in [6, 6.07) is 0. The van der Waals surface area contributed by atoms with E-state index in [9.17, 15) is 9.90 Å². The van der Waals surface area contributed by atoms with Gasteiger partial charge in [-0.1, -0.05) is 11.1 Å². The number of carbonyl (C=O) groups excluding carboxylic acids is 1. The molecular weight excluding hydrogens is 128 g/mol. The van der Waals surface area contributed by atoms with E-state index in [4.69, 9.17) is 0 Å². The van der Waals surface area contributed by atoms with E-state index in [0.29, 0.717) is 0 Å². The summed E-state index contributed by atoms with van der Waals surface area (Å²) in [5, 5.41) is 13.0. The minimum absolute atomic E-state index is 0.0489. The second kappa shape index (κ2) is 5.07. The van der Waals surface area contributed by atoms with Crippen LogP contribution in [0.15, 0.2) is 12.7 Å². The lowest BCUT2D eigenvalue weighted by Gasteiger charge is -2.03. The van der Waals surface area contributed by atoms with Gasteiger partial charge in [0.15, 0.2) is 0 Å². The molecule has 0 amide bonds. The van der Waals surface area contributed by atoms with Crippen molar-refractivity contribution < 1.29 is 24.7 Å². The van der Waals surface area contributed by atoms with Crippen LogP contribution in [0.2, 0.25) is 0 Å². The lowest BCUT2D eigenvalue weighted by Crippen LogP contribution is -2.23. The van der Waals surface area contributed by atoms with Crippen LogP contribution in [-0.4, -0.2) is 12.8 Å². The highest BCUT2D eigenvalue weighted by Crippen LogP contribution is 1.79. The van der Waals surface area contributed by atoms with Gasteiger partial charge in [0.1, 0.15) is 6.61 Å². The molecule has 0 aliphatic rings. The van der Waals surface area contributed by atoms with Crippen molar-refractivity contribution in [1.82, 2.24) is 0 Å². The zero-order valence-corrected chi connectivity index (χ0v) is 4.53. The first-order valence-corrected chi connectivity index (χ1v) is 2.05. The van der Waals surface area contributed by atoms with Gasteiger partial charge in [0.25, 0.3) is 6.16 Å². The van der Waals surface area contributed by atoms with Crippen molar-refractivity contribution in [2.75, 3.05) is 6.61 Å². The van der Waals surface area contributed by atoms with Crippen LogP contribution in [0.5, 0.6) is 0 Å². The minimum Gasteiger partial charge on any atom is -0.424 e. The van der Waals surface area contributed by atoms with E-state index >= 15 is 0 Å². The highest BCUT2D eigenvalue weighted by molar-refractivity contribution is 5.52. The van der Waals surface area contributed by atoms with E-state index in [0.717, 1.165) is 0 Å². The molecule has 0 saturated heterocycles. The lowest BCUT2D eigenvalue weighted by atomic mass is 10.7. The van der Waals surface area contributed by atoms with Crippen molar-refractivity contribution in [2.24, 2.45) is 0 Å². The lowest BCUT2D eigenvalue weighted by molar-refractivity contribution is -0.505. The maximum atomic E-state index is 9.40. The van der Waals surface area contributed by atoms with Gasteiger partial charge in [-0.3, -0.25) is 0 Å². The maximum Gasteiger partial charge on any atom is 0.281 e. The van der Waals surface area contributed by atoms with Gasteiger partial charge in [0.05, 0.1) is 0 Å². The summed E-state index contributed by atoms with van der Waals surface area (Å²) in [5.41, 5.74) is 0. The first-order valence-electron chi connectivity index (χ1n) is 2.05. The molecule has 0 N–H and O–H groups in total. The fourth-order valence-corrected chi connectivity index (χ4v) is 0.128. The fourth-order valence-electron chi connectivity index (χ4n) is 0.128. The molecule has 0 aromatic heterocycles. The Kier molecular flexibility index (Phi) is 4.47. The summed E-state index contributed by atoms with van der Waals surface area (Å²) in [6.07, 6.45) is -0.447. The number of rotatable bonds is 4. The van der Waals surface area contributed by atoms with Crippen molar-refractivity contribution in [3.8, 4) is 0 Å². The molecule has 0 spiro atoms. The summed E-state index contributed by atoms with van der Waals surface area (Å²) in [6.45, 7) is 3.30. The molecule has 0 heterocycles. The van der Waals surface area contributed by atoms with E-state index in [1.807, 2.05) is 0 Å². The van der Waals surface area contributed by atoms with Crippen LogP contribution in [0.3, 0.4) is 0 Å². The Balaban J connectivity index is 2.91. The Labute approximate surface area is 51.3 Å². The summed E-state index contributed by atoms with van der Waals surface area (Å²) < 4.78 is 0. The third-order valence-corrected chi connectivity index (χ3v) is 0.336. The van der Waals surface area contributed by atoms with Gasteiger partial charge in [-0.15, -0.1) is 6.58 Å². The fraction of sp³-hybridized carbons (Fsp3) is 0.250. The number of carbonyl (C=O) groups is 1. The maximum absolute atomic E-state index is 9.40. The first kappa shape index (κ1) is 7.93. The Morgan fingerprint density at radius 2 is 2.44 bits per heavy atom. The third-order valence-electron chi connectivity index (χ3n) is 0.336. The smallest absolute Gasteiger partial charge is 0.281 e. The average Bonchev–Trinajstić information content (AvgIpc) is 1.80. The molecule has 5 heteroatoms. The average molecular weight is 133 g/mol. The summed E-state index contributed by atoms with van der Waals surface area (Å²) in [4.78, 5) is 16.8. The highest BCUT2D eigenvalue weighted by Gasteiger charge is 1.81. The van der Waals surface area contributed by atoms with Crippen LogP contribution >= 0.6 is 0 Å². The van der Waals surface area contributed by atoms with Crippen molar-refractivity contribution in [3.63, 3.8) is 0 Å². The van der Waals surface area contributed by atoms with Gasteiger partial charge in [0.2, 0.25) is 0 Å². The molecule has 0 unspecified atom stereocenters. The van der Waals surface area contributed by atoms with Crippen LogP contribution in [0, 0.1) is 0 Å². The molecule has 5 nitrogen and oxygen atoms in total. The van der Waals surface area contributed by atoms with Gasteiger partial charge >= 0.3 is 0 Å². The molecule has 9 heavy (non-hydrogen) atoms. The summed E-state index contributed by atoms with van der Waals surface area (Å²) >= 11 is 0. The van der Waals surface area contributed by atoms with Crippen molar-refractivity contribution >= 4 is 6.16 Å². The van der Waals surface area contributed by atoms with Gasteiger partial charge < -0.3 is 14.8 Å². The molecule has 0 aromatic rings. The Morgan fingerprint density at radius 1 is 1.78 bits per heavy atom.